The lowest BCUT2D eigenvalue weighted by Gasteiger charge is -2.32. The van der Waals surface area contributed by atoms with Gasteiger partial charge < -0.3 is 44.0 Å². The molecule has 2 heterocycles. The molecule has 1 aliphatic rings. The minimum Gasteiger partial charge on any atom is -0.494 e. The molecule has 4 N–H and O–H groups in total. The van der Waals surface area contributed by atoms with Crippen LogP contribution in [-0.2, 0) is 19.0 Å². The molecule has 0 spiro atoms. The molecule has 2 atom stereocenters. The third-order valence-electron chi connectivity index (χ3n) is 8.41. The zero-order valence-electron chi connectivity index (χ0n) is 29.1. The first-order valence-electron chi connectivity index (χ1n) is 16.8. The lowest BCUT2D eigenvalue weighted by Crippen LogP contribution is -2.49. The smallest absolute Gasteiger partial charge is 0.363 e. The van der Waals surface area contributed by atoms with Gasteiger partial charge in [-0.1, -0.05) is 33.1 Å². The van der Waals surface area contributed by atoms with Crippen molar-refractivity contribution in [2.75, 3.05) is 38.4 Å². The number of anilines is 1. The minimum absolute atomic E-state index is 0.108. The van der Waals surface area contributed by atoms with Crippen LogP contribution in [0.4, 0.5) is 5.69 Å². The first-order valence-corrected chi connectivity index (χ1v) is 18.4. The molecule has 4 rings (SSSR count). The van der Waals surface area contributed by atoms with Crippen LogP contribution in [0.5, 0.6) is 11.5 Å². The number of nitrogens with one attached hydrogen (secondary N) is 2. The number of hydrogen-bond acceptors (Lipinski definition) is 10. The maximum absolute atomic E-state index is 13.6. The highest BCUT2D eigenvalue weighted by Gasteiger charge is 2.34. The molecule has 1 aromatic heterocycles. The maximum Gasteiger partial charge on any atom is 0.363 e. The van der Waals surface area contributed by atoms with Crippen LogP contribution in [-0.4, -0.2) is 78.6 Å². The van der Waals surface area contributed by atoms with Crippen molar-refractivity contribution in [2.24, 2.45) is 5.92 Å². The molecule has 3 aromatic rings. The minimum atomic E-state index is -4.61. The van der Waals surface area contributed by atoms with Crippen molar-refractivity contribution in [3.63, 3.8) is 0 Å². The quantitative estimate of drug-likeness (QED) is 0.0484. The Bertz CT molecular complexity index is 1740. The molecule has 15 nitrogen and oxygen atoms in total. The van der Waals surface area contributed by atoms with Gasteiger partial charge in [0.25, 0.3) is 5.91 Å². The molecule has 276 valence electrons. The van der Waals surface area contributed by atoms with Crippen molar-refractivity contribution in [3.05, 3.63) is 59.9 Å². The summed E-state index contributed by atoms with van der Waals surface area (Å²) in [6.45, 7) is 6.69. The molecule has 0 saturated carbocycles. The van der Waals surface area contributed by atoms with Crippen LogP contribution in [0.15, 0.2) is 52.9 Å². The number of ether oxygens (including phenoxy) is 2. The number of carbonyl (C=O) groups is 4. The van der Waals surface area contributed by atoms with Crippen molar-refractivity contribution in [3.8, 4) is 22.8 Å². The van der Waals surface area contributed by atoms with E-state index in [0.29, 0.717) is 50.1 Å². The Morgan fingerprint density at radius 2 is 1.84 bits per heavy atom. The average molecular weight is 729 g/mol. The Hall–Kier alpha value is -4.85. The molecule has 0 unspecified atom stereocenters. The third-order valence-corrected chi connectivity index (χ3v) is 9.34. The summed E-state index contributed by atoms with van der Waals surface area (Å²) in [5.74, 6) is -1.72. The molecule has 0 fully saturated rings. The molecule has 0 saturated heterocycles. The van der Waals surface area contributed by atoms with Gasteiger partial charge >= 0.3 is 13.6 Å². The van der Waals surface area contributed by atoms with E-state index >= 15 is 0 Å². The number of rotatable bonds is 18. The number of fused-ring (bicyclic) bond motifs is 1. The van der Waals surface area contributed by atoms with Gasteiger partial charge in [-0.15, -0.1) is 0 Å². The lowest BCUT2D eigenvalue weighted by molar-refractivity contribution is -0.171. The highest BCUT2D eigenvalue weighted by Crippen LogP contribution is 2.37. The zero-order chi connectivity index (χ0) is 37.1. The largest absolute Gasteiger partial charge is 0.494 e. The van der Waals surface area contributed by atoms with E-state index in [-0.39, 0.29) is 41.4 Å². The molecule has 0 aliphatic carbocycles. The van der Waals surface area contributed by atoms with Crippen molar-refractivity contribution >= 4 is 42.8 Å². The molecule has 1 aliphatic heterocycles. The van der Waals surface area contributed by atoms with E-state index in [4.69, 9.17) is 18.7 Å². The summed E-state index contributed by atoms with van der Waals surface area (Å²) < 4.78 is 28.7. The number of likely N-dealkylation sites (N-methyl/N-ethyl adjacent to an activating group) is 1. The Kier molecular flexibility index (Phi) is 13.7. The molecular weight excluding hydrogens is 683 g/mol. The van der Waals surface area contributed by atoms with Crippen LogP contribution in [0, 0.1) is 5.92 Å². The number of benzene rings is 2. The predicted octanol–water partition coefficient (Wildman–Crippen LogP) is 3.99. The van der Waals surface area contributed by atoms with E-state index in [1.54, 1.807) is 32.0 Å². The van der Waals surface area contributed by atoms with Crippen LogP contribution in [0.2, 0.25) is 0 Å². The SMILES string of the molecule is CCCCC[C@@H](C(=O)NCNC(=O)c1ccc(-c2cc(OCC)cc(P(=O)(O)O)c2)o1)[C@@H](CC)N(C=O)OC(=O)c1ccc2c(c1)N(C)CCO2. The summed E-state index contributed by atoms with van der Waals surface area (Å²) in [6.07, 6.45) is 3.50. The van der Waals surface area contributed by atoms with Gasteiger partial charge in [0.15, 0.2) is 5.76 Å². The first kappa shape index (κ1) is 38.9. The third kappa shape index (κ3) is 10.1. The van der Waals surface area contributed by atoms with Crippen molar-refractivity contribution < 1.29 is 52.3 Å². The number of nitrogens with zero attached hydrogens (tertiary/aromatic N) is 2. The standard InChI is InChI=1S/C35H45N4O11P/c1-5-8-9-10-27(28(6-2)39(22-40)50-35(43)23-11-12-31-29(19-23)38(4)15-16-48-31)33(41)36-21-37-34(42)32-14-13-30(49-32)24-17-25(47-7-3)20-26(18-24)51(44,45)46/h11-14,17-20,22,27-28H,5-10,15-16,21H2,1-4H3,(H,36,41)(H,37,42)(H2,44,45,46)/t27-,28-/m1/s1. The van der Waals surface area contributed by atoms with E-state index < -0.39 is 37.3 Å². The normalized spacial score (nSPS) is 13.6. The summed E-state index contributed by atoms with van der Waals surface area (Å²) in [4.78, 5) is 78.8. The van der Waals surface area contributed by atoms with Gasteiger partial charge in [-0.2, -0.15) is 5.06 Å². The van der Waals surface area contributed by atoms with E-state index in [9.17, 15) is 33.5 Å². The molecule has 3 amide bonds. The topological polar surface area (TPSA) is 197 Å². The fraction of sp³-hybridized carbons (Fsp3) is 0.429. The molecule has 51 heavy (non-hydrogen) atoms. The van der Waals surface area contributed by atoms with E-state index in [0.717, 1.165) is 23.6 Å². The van der Waals surface area contributed by atoms with Crippen LogP contribution >= 0.6 is 7.60 Å². The lowest BCUT2D eigenvalue weighted by atomic mass is 9.90. The molecular formula is C35H45N4O11P. The molecule has 0 radical (unpaired) electrons. The number of amides is 3. The Morgan fingerprint density at radius 3 is 2.53 bits per heavy atom. The second-order valence-electron chi connectivity index (χ2n) is 12.0. The van der Waals surface area contributed by atoms with E-state index in [1.807, 2.05) is 18.9 Å². The fourth-order valence-corrected chi connectivity index (χ4v) is 6.34. The maximum atomic E-state index is 13.6. The second kappa shape index (κ2) is 17.9. The Labute approximate surface area is 296 Å². The molecule has 0 bridgehead atoms. The van der Waals surface area contributed by atoms with Gasteiger partial charge in [0.1, 0.15) is 23.9 Å². The van der Waals surface area contributed by atoms with Gasteiger partial charge in [-0.25, -0.2) is 4.79 Å². The van der Waals surface area contributed by atoms with Crippen LogP contribution in [0.3, 0.4) is 0 Å². The number of unbranched alkanes of at least 4 members (excludes halogenated alkanes) is 2. The summed E-state index contributed by atoms with van der Waals surface area (Å²) in [7, 11) is -2.73. The van der Waals surface area contributed by atoms with Crippen LogP contribution in [0.1, 0.15) is 73.8 Å². The number of hydrogen-bond donors (Lipinski definition) is 4. The van der Waals surface area contributed by atoms with E-state index in [1.165, 1.54) is 30.3 Å². The van der Waals surface area contributed by atoms with Gasteiger partial charge in [-0.05, 0) is 68.3 Å². The second-order valence-corrected chi connectivity index (χ2v) is 13.6. The summed E-state index contributed by atoms with van der Waals surface area (Å²) in [6, 6.07) is 11.0. The number of furan rings is 1. The number of carbonyl (C=O) groups excluding carboxylic acids is 4. The Balaban J connectivity index is 1.42. The zero-order valence-corrected chi connectivity index (χ0v) is 30.0. The van der Waals surface area contributed by atoms with E-state index in [2.05, 4.69) is 10.6 Å². The van der Waals surface area contributed by atoms with Crippen molar-refractivity contribution in [1.82, 2.24) is 15.7 Å². The first-order chi connectivity index (χ1) is 24.4. The number of hydroxylamine groups is 2. The predicted molar refractivity (Wildman–Crippen MR) is 188 cm³/mol. The van der Waals surface area contributed by atoms with Crippen LogP contribution < -0.4 is 30.3 Å². The summed E-state index contributed by atoms with van der Waals surface area (Å²) in [5.41, 5.74) is 1.23. The average Bonchev–Trinajstić information content (AvgIpc) is 3.61. The fourth-order valence-electron chi connectivity index (χ4n) is 5.74. The van der Waals surface area contributed by atoms with Crippen molar-refractivity contribution in [2.45, 2.75) is 58.9 Å². The van der Waals surface area contributed by atoms with Gasteiger partial charge in [-0.3, -0.25) is 18.9 Å². The molecule has 2 aromatic carbocycles. The van der Waals surface area contributed by atoms with Gasteiger partial charge in [0, 0.05) is 12.6 Å². The van der Waals surface area contributed by atoms with Gasteiger partial charge in [0.2, 0.25) is 12.3 Å². The van der Waals surface area contributed by atoms with Crippen LogP contribution in [0.25, 0.3) is 11.3 Å². The van der Waals surface area contributed by atoms with Gasteiger partial charge in [0.05, 0.1) is 48.3 Å². The Morgan fingerprint density at radius 1 is 1.06 bits per heavy atom. The summed E-state index contributed by atoms with van der Waals surface area (Å²) >= 11 is 0. The monoisotopic (exact) mass is 728 g/mol. The van der Waals surface area contributed by atoms with Crippen molar-refractivity contribution in [1.29, 1.82) is 0 Å². The highest BCUT2D eigenvalue weighted by molar-refractivity contribution is 7.60. The highest BCUT2D eigenvalue weighted by atomic mass is 31.2. The molecule has 16 heteroatoms. The summed E-state index contributed by atoms with van der Waals surface area (Å²) in [5, 5.41) is 5.89.